The molecule has 0 saturated heterocycles. The molecule has 2 heterocycles. The molecule has 0 amide bonds. The van der Waals surface area contributed by atoms with E-state index in [1.807, 2.05) is 18.4 Å². The number of halogens is 1. The minimum absolute atomic E-state index is 0.213. The number of hydrogen-bond acceptors (Lipinski definition) is 5. The molecule has 2 rings (SSSR count). The van der Waals surface area contributed by atoms with Gasteiger partial charge in [-0.2, -0.15) is 0 Å². The quantitative estimate of drug-likeness (QED) is 0.917. The predicted octanol–water partition coefficient (Wildman–Crippen LogP) is 1.44. The molecule has 9 heteroatoms. The molecule has 0 aliphatic heterocycles. The highest BCUT2D eigenvalue weighted by molar-refractivity contribution is 9.10. The minimum atomic E-state index is -3.85. The summed E-state index contributed by atoms with van der Waals surface area (Å²) in [5.74, 6) is 0.499. The number of primary sulfonamides is 1. The summed E-state index contributed by atoms with van der Waals surface area (Å²) in [5, 5.41) is 14.3. The predicted molar refractivity (Wildman–Crippen MR) is 68.1 cm³/mol. The molecule has 2 aromatic rings. The summed E-state index contributed by atoms with van der Waals surface area (Å²) >= 11 is 4.82. The van der Waals surface area contributed by atoms with Crippen LogP contribution in [0.1, 0.15) is 6.92 Å². The molecule has 0 spiro atoms. The highest BCUT2D eigenvalue weighted by atomic mass is 79.9. The first-order chi connectivity index (χ1) is 7.95. The van der Waals surface area contributed by atoms with Crippen LogP contribution in [-0.4, -0.2) is 23.2 Å². The van der Waals surface area contributed by atoms with Gasteiger partial charge in [-0.3, -0.25) is 4.57 Å². The van der Waals surface area contributed by atoms with E-state index in [9.17, 15) is 8.42 Å². The fraction of sp³-hybridized carbons (Fsp3) is 0.250. The maximum atomic E-state index is 11.3. The lowest BCUT2D eigenvalue weighted by molar-refractivity contribution is 0.571. The van der Waals surface area contributed by atoms with Crippen LogP contribution in [0.2, 0.25) is 0 Å². The number of rotatable bonds is 3. The molecular formula is C8H9BrN4O2S2. The standard InChI is InChI=1S/C8H9BrN4O2S2/c1-2-13-7(6-5(9)3-4-16-6)11-12-8(13)17(10,14)15/h3-4H,2H2,1H3,(H2,10,14,15). The van der Waals surface area contributed by atoms with Crippen LogP contribution in [0.3, 0.4) is 0 Å². The molecule has 0 aliphatic rings. The molecule has 0 fully saturated rings. The number of nitrogens with two attached hydrogens (primary N) is 1. The molecule has 0 unspecified atom stereocenters. The molecular weight excluding hydrogens is 328 g/mol. The molecule has 2 N–H and O–H groups in total. The van der Waals surface area contributed by atoms with Crippen molar-refractivity contribution in [3.8, 4) is 10.7 Å². The zero-order chi connectivity index (χ0) is 12.6. The summed E-state index contributed by atoms with van der Waals surface area (Å²) in [5.41, 5.74) is 0. The second-order valence-electron chi connectivity index (χ2n) is 3.19. The first-order valence-corrected chi connectivity index (χ1v) is 7.86. The third-order valence-corrected chi connectivity index (χ3v) is 4.75. The fourth-order valence-electron chi connectivity index (χ4n) is 1.41. The van der Waals surface area contributed by atoms with E-state index in [2.05, 4.69) is 26.1 Å². The summed E-state index contributed by atoms with van der Waals surface area (Å²) in [4.78, 5) is 0.828. The maximum absolute atomic E-state index is 11.3. The second-order valence-corrected chi connectivity index (χ2v) is 6.42. The average Bonchev–Trinajstić information content (AvgIpc) is 2.81. The van der Waals surface area contributed by atoms with Crippen LogP contribution in [0.25, 0.3) is 10.7 Å². The molecule has 0 aromatic carbocycles. The second kappa shape index (κ2) is 4.48. The Balaban J connectivity index is 2.66. The van der Waals surface area contributed by atoms with Gasteiger partial charge in [0, 0.05) is 11.0 Å². The van der Waals surface area contributed by atoms with Crippen molar-refractivity contribution < 1.29 is 8.42 Å². The van der Waals surface area contributed by atoms with Crippen molar-refractivity contribution in [3.63, 3.8) is 0 Å². The number of thiophene rings is 1. The Hall–Kier alpha value is -0.770. The summed E-state index contributed by atoms with van der Waals surface area (Å²) in [6.45, 7) is 2.24. The lowest BCUT2D eigenvalue weighted by atomic mass is 10.4. The van der Waals surface area contributed by atoms with Crippen LogP contribution in [-0.2, 0) is 16.6 Å². The lowest BCUT2D eigenvalue weighted by Gasteiger charge is -2.04. The van der Waals surface area contributed by atoms with E-state index in [4.69, 9.17) is 5.14 Å². The third kappa shape index (κ3) is 2.28. The first kappa shape index (κ1) is 12.7. The van der Waals surface area contributed by atoms with E-state index in [1.54, 1.807) is 0 Å². The van der Waals surface area contributed by atoms with Gasteiger partial charge >= 0.3 is 0 Å². The summed E-state index contributed by atoms with van der Waals surface area (Å²) in [7, 11) is -3.85. The molecule has 0 radical (unpaired) electrons. The van der Waals surface area contributed by atoms with Crippen molar-refractivity contribution in [1.82, 2.24) is 14.8 Å². The van der Waals surface area contributed by atoms with Crippen LogP contribution in [0.15, 0.2) is 21.1 Å². The molecule has 6 nitrogen and oxygen atoms in total. The van der Waals surface area contributed by atoms with Crippen LogP contribution in [0, 0.1) is 0 Å². The van der Waals surface area contributed by atoms with Gasteiger partial charge in [-0.15, -0.1) is 21.5 Å². The molecule has 92 valence electrons. The third-order valence-electron chi connectivity index (χ3n) is 2.11. The Morgan fingerprint density at radius 3 is 2.71 bits per heavy atom. The molecule has 17 heavy (non-hydrogen) atoms. The van der Waals surface area contributed by atoms with Gasteiger partial charge in [-0.1, -0.05) is 0 Å². The summed E-state index contributed by atoms with van der Waals surface area (Å²) < 4.78 is 25.0. The number of nitrogens with zero attached hydrogens (tertiary/aromatic N) is 3. The summed E-state index contributed by atoms with van der Waals surface area (Å²) in [6, 6.07) is 1.87. The number of sulfonamides is 1. The van der Waals surface area contributed by atoms with Gasteiger partial charge in [0.1, 0.15) is 0 Å². The van der Waals surface area contributed by atoms with Crippen molar-refractivity contribution in [2.24, 2.45) is 5.14 Å². The van der Waals surface area contributed by atoms with E-state index >= 15 is 0 Å². The first-order valence-electron chi connectivity index (χ1n) is 4.64. The van der Waals surface area contributed by atoms with Gasteiger partial charge in [-0.05, 0) is 34.3 Å². The van der Waals surface area contributed by atoms with Gasteiger partial charge in [0.15, 0.2) is 5.82 Å². The monoisotopic (exact) mass is 336 g/mol. The van der Waals surface area contributed by atoms with E-state index < -0.39 is 10.0 Å². The Labute approximate surface area is 111 Å². The van der Waals surface area contributed by atoms with Crippen molar-refractivity contribution in [1.29, 1.82) is 0 Å². The average molecular weight is 337 g/mol. The largest absolute Gasteiger partial charge is 0.296 e. The molecule has 2 aromatic heterocycles. The zero-order valence-electron chi connectivity index (χ0n) is 8.79. The topological polar surface area (TPSA) is 90.9 Å². The van der Waals surface area contributed by atoms with Gasteiger partial charge in [-0.25, -0.2) is 13.6 Å². The van der Waals surface area contributed by atoms with Crippen LogP contribution >= 0.6 is 27.3 Å². The summed E-state index contributed by atoms with van der Waals surface area (Å²) in [6.07, 6.45) is 0. The number of aromatic nitrogens is 3. The molecule has 0 saturated carbocycles. The van der Waals surface area contributed by atoms with Gasteiger partial charge in [0.25, 0.3) is 15.2 Å². The van der Waals surface area contributed by atoms with Crippen molar-refractivity contribution in [2.45, 2.75) is 18.6 Å². The van der Waals surface area contributed by atoms with E-state index in [-0.39, 0.29) is 5.16 Å². The van der Waals surface area contributed by atoms with Crippen molar-refractivity contribution in [3.05, 3.63) is 15.9 Å². The smallest absolute Gasteiger partial charge is 0.273 e. The Morgan fingerprint density at radius 2 is 2.24 bits per heavy atom. The van der Waals surface area contributed by atoms with Crippen molar-refractivity contribution in [2.75, 3.05) is 0 Å². The highest BCUT2D eigenvalue weighted by Crippen LogP contribution is 2.32. The van der Waals surface area contributed by atoms with Crippen LogP contribution < -0.4 is 5.14 Å². The van der Waals surface area contributed by atoms with Gasteiger partial charge in [0.2, 0.25) is 0 Å². The Kier molecular flexibility index (Phi) is 3.34. The fourth-order valence-corrected chi connectivity index (χ4v) is 3.62. The van der Waals surface area contributed by atoms with E-state index in [1.165, 1.54) is 15.9 Å². The maximum Gasteiger partial charge on any atom is 0.273 e. The normalized spacial score (nSPS) is 11.9. The number of hydrogen-bond donors (Lipinski definition) is 1. The van der Waals surface area contributed by atoms with E-state index in [0.717, 1.165) is 9.35 Å². The lowest BCUT2D eigenvalue weighted by Crippen LogP contribution is -2.18. The highest BCUT2D eigenvalue weighted by Gasteiger charge is 2.22. The Bertz CT molecular complexity index is 646. The van der Waals surface area contributed by atoms with E-state index in [0.29, 0.717) is 12.4 Å². The van der Waals surface area contributed by atoms with Crippen molar-refractivity contribution >= 4 is 37.3 Å². The Morgan fingerprint density at radius 1 is 1.53 bits per heavy atom. The zero-order valence-corrected chi connectivity index (χ0v) is 12.0. The van der Waals surface area contributed by atoms with Gasteiger partial charge < -0.3 is 0 Å². The molecule has 0 atom stereocenters. The van der Waals surface area contributed by atoms with Gasteiger partial charge in [0.05, 0.1) is 4.88 Å². The SMILES string of the molecule is CCn1c(-c2sccc2Br)nnc1S(N)(=O)=O. The molecule has 0 bridgehead atoms. The van der Waals surface area contributed by atoms with Crippen LogP contribution in [0.4, 0.5) is 0 Å². The molecule has 0 aliphatic carbocycles. The van der Waals surface area contributed by atoms with Crippen LogP contribution in [0.5, 0.6) is 0 Å². The minimum Gasteiger partial charge on any atom is -0.296 e.